The van der Waals surface area contributed by atoms with Gasteiger partial charge in [-0.15, -0.1) is 0 Å². The number of amides is 1. The molecule has 1 amide bonds. The van der Waals surface area contributed by atoms with Gasteiger partial charge in [0.15, 0.2) is 5.78 Å². The van der Waals surface area contributed by atoms with E-state index in [0.29, 0.717) is 5.56 Å². The largest absolute Gasteiger partial charge is 0.369 e. The Morgan fingerprint density at radius 2 is 1.37 bits per heavy atom. The van der Waals surface area contributed by atoms with Gasteiger partial charge in [-0.1, -0.05) is 60.7 Å². The summed E-state index contributed by atoms with van der Waals surface area (Å²) in [6, 6.07) is 25.8. The zero-order valence-electron chi connectivity index (χ0n) is 19.5. The monoisotopic (exact) mass is 467 g/mol. The van der Waals surface area contributed by atoms with E-state index in [2.05, 4.69) is 34.1 Å². The molecule has 1 saturated heterocycles. The Bertz CT molecular complexity index is 1180. The summed E-state index contributed by atoms with van der Waals surface area (Å²) in [6.45, 7) is 4.95. The Morgan fingerprint density at radius 1 is 0.771 bits per heavy atom. The van der Waals surface area contributed by atoms with Crippen LogP contribution < -0.4 is 10.4 Å². The lowest BCUT2D eigenvalue weighted by Gasteiger charge is -2.36. The van der Waals surface area contributed by atoms with Gasteiger partial charge >= 0.3 is 0 Å². The highest BCUT2D eigenvalue weighted by molar-refractivity contribution is 6.07. The fraction of sp³-hybridized carbons (Fsp3) is 0.172. The van der Waals surface area contributed by atoms with E-state index < -0.39 is 5.91 Å². The van der Waals surface area contributed by atoms with Crippen molar-refractivity contribution in [2.24, 2.45) is 0 Å². The van der Waals surface area contributed by atoms with Crippen molar-refractivity contribution >= 4 is 29.5 Å². The Morgan fingerprint density at radius 3 is 1.97 bits per heavy atom. The molecule has 0 bridgehead atoms. The van der Waals surface area contributed by atoms with Gasteiger partial charge in [0.25, 0.3) is 5.91 Å². The maximum absolute atomic E-state index is 12.6. The first-order valence-corrected chi connectivity index (χ1v) is 11.7. The van der Waals surface area contributed by atoms with Gasteiger partial charge in [0.1, 0.15) is 0 Å². The summed E-state index contributed by atoms with van der Waals surface area (Å²) < 4.78 is 0. The third-order valence-electron chi connectivity index (χ3n) is 6.04. The first kappa shape index (κ1) is 24.1. The van der Waals surface area contributed by atoms with Crippen LogP contribution in [-0.2, 0) is 11.3 Å². The van der Waals surface area contributed by atoms with E-state index in [9.17, 15) is 9.59 Å². The summed E-state index contributed by atoms with van der Waals surface area (Å²) >= 11 is 0. The standard InChI is InChI=1S/C29H29N3O3/c33-28(16-10-23-6-8-24(9-7-23)11-17-29(34)30-35)26-12-14-27(15-13-26)32-20-18-31(19-21-32)22-25-4-2-1-3-5-25/h1-17,35H,18-22H2,(H,30,34). The van der Waals surface area contributed by atoms with Crippen LogP contribution in [0.3, 0.4) is 0 Å². The summed E-state index contributed by atoms with van der Waals surface area (Å²) in [5.74, 6) is -0.635. The molecular formula is C29H29N3O3. The molecule has 6 nitrogen and oxygen atoms in total. The molecule has 1 heterocycles. The number of nitrogens with zero attached hydrogens (tertiary/aromatic N) is 2. The predicted octanol–water partition coefficient (Wildman–Crippen LogP) is 4.42. The fourth-order valence-corrected chi connectivity index (χ4v) is 4.04. The summed E-state index contributed by atoms with van der Waals surface area (Å²) in [4.78, 5) is 28.5. The number of carbonyl (C=O) groups excluding carboxylic acids is 2. The number of benzene rings is 3. The quantitative estimate of drug-likeness (QED) is 0.222. The topological polar surface area (TPSA) is 72.9 Å². The van der Waals surface area contributed by atoms with Crippen LogP contribution in [0.5, 0.6) is 0 Å². The van der Waals surface area contributed by atoms with E-state index in [4.69, 9.17) is 5.21 Å². The number of allylic oxidation sites excluding steroid dienone is 1. The smallest absolute Gasteiger partial charge is 0.267 e. The Balaban J connectivity index is 1.28. The molecule has 35 heavy (non-hydrogen) atoms. The lowest BCUT2D eigenvalue weighted by molar-refractivity contribution is -0.124. The maximum atomic E-state index is 12.6. The lowest BCUT2D eigenvalue weighted by atomic mass is 10.1. The fourth-order valence-electron chi connectivity index (χ4n) is 4.04. The van der Waals surface area contributed by atoms with Crippen molar-refractivity contribution in [3.05, 3.63) is 113 Å². The van der Waals surface area contributed by atoms with Gasteiger partial charge in [0.05, 0.1) is 0 Å². The minimum atomic E-state index is -0.587. The molecule has 0 saturated carbocycles. The van der Waals surface area contributed by atoms with Crippen LogP contribution in [-0.4, -0.2) is 48.0 Å². The van der Waals surface area contributed by atoms with Crippen LogP contribution in [0, 0.1) is 0 Å². The summed E-state index contributed by atoms with van der Waals surface area (Å²) in [5.41, 5.74) is 6.38. The van der Waals surface area contributed by atoms with Crippen molar-refractivity contribution in [1.82, 2.24) is 10.4 Å². The van der Waals surface area contributed by atoms with Crippen LogP contribution in [0.2, 0.25) is 0 Å². The second-order valence-corrected chi connectivity index (χ2v) is 8.47. The van der Waals surface area contributed by atoms with E-state index in [1.54, 1.807) is 23.7 Å². The summed E-state index contributed by atoms with van der Waals surface area (Å²) in [7, 11) is 0. The molecule has 0 spiro atoms. The number of nitrogens with one attached hydrogen (secondary N) is 1. The third-order valence-corrected chi connectivity index (χ3v) is 6.04. The highest BCUT2D eigenvalue weighted by atomic mass is 16.5. The molecule has 2 N–H and O–H groups in total. The van der Waals surface area contributed by atoms with Gasteiger partial charge in [-0.3, -0.25) is 19.7 Å². The van der Waals surface area contributed by atoms with Crippen molar-refractivity contribution in [2.75, 3.05) is 31.1 Å². The van der Waals surface area contributed by atoms with Gasteiger partial charge in [-0.2, -0.15) is 0 Å². The number of carbonyl (C=O) groups is 2. The number of rotatable bonds is 8. The van der Waals surface area contributed by atoms with Gasteiger partial charge in [-0.05, 0) is 53.1 Å². The number of anilines is 1. The number of hydrogen-bond donors (Lipinski definition) is 2. The van der Waals surface area contributed by atoms with E-state index in [1.165, 1.54) is 11.6 Å². The molecule has 0 unspecified atom stereocenters. The SMILES string of the molecule is O=C(C=Cc1ccc(C=CC(=O)c2ccc(N3CCN(Cc4ccccc4)CC3)cc2)cc1)NO. The van der Waals surface area contributed by atoms with Crippen LogP contribution in [0.1, 0.15) is 27.0 Å². The maximum Gasteiger partial charge on any atom is 0.267 e. The third kappa shape index (κ3) is 6.99. The molecule has 178 valence electrons. The van der Waals surface area contributed by atoms with Crippen LogP contribution in [0.4, 0.5) is 5.69 Å². The van der Waals surface area contributed by atoms with Crippen molar-refractivity contribution in [3.63, 3.8) is 0 Å². The minimum absolute atomic E-state index is 0.0483. The average molecular weight is 468 g/mol. The van der Waals surface area contributed by atoms with Crippen LogP contribution >= 0.6 is 0 Å². The summed E-state index contributed by atoms with van der Waals surface area (Å²) in [6.07, 6.45) is 6.18. The average Bonchev–Trinajstić information content (AvgIpc) is 2.92. The van der Waals surface area contributed by atoms with E-state index >= 15 is 0 Å². The number of hydroxylamine groups is 1. The molecule has 3 aromatic rings. The minimum Gasteiger partial charge on any atom is -0.369 e. The zero-order chi connectivity index (χ0) is 24.5. The number of hydrogen-bond acceptors (Lipinski definition) is 5. The molecule has 6 heteroatoms. The molecule has 0 aliphatic carbocycles. The molecule has 1 fully saturated rings. The number of ketones is 1. The zero-order valence-corrected chi connectivity index (χ0v) is 19.5. The van der Waals surface area contributed by atoms with Crippen molar-refractivity contribution in [1.29, 1.82) is 0 Å². The number of piperazine rings is 1. The lowest BCUT2D eigenvalue weighted by Crippen LogP contribution is -2.45. The van der Waals surface area contributed by atoms with E-state index in [1.807, 2.05) is 54.6 Å². The predicted molar refractivity (Wildman–Crippen MR) is 139 cm³/mol. The van der Waals surface area contributed by atoms with Crippen molar-refractivity contribution in [3.8, 4) is 0 Å². The molecule has 0 radical (unpaired) electrons. The molecule has 4 rings (SSSR count). The van der Waals surface area contributed by atoms with Crippen LogP contribution in [0.15, 0.2) is 91.0 Å². The highest BCUT2D eigenvalue weighted by Gasteiger charge is 2.17. The second-order valence-electron chi connectivity index (χ2n) is 8.47. The Kier molecular flexibility index (Phi) is 8.22. The molecule has 3 aromatic carbocycles. The van der Waals surface area contributed by atoms with Gasteiger partial charge in [0.2, 0.25) is 0 Å². The second kappa shape index (κ2) is 11.9. The van der Waals surface area contributed by atoms with Crippen molar-refractivity contribution < 1.29 is 14.8 Å². The van der Waals surface area contributed by atoms with Crippen molar-refractivity contribution in [2.45, 2.75) is 6.54 Å². The Labute approximate surface area is 205 Å². The molecule has 1 aliphatic heterocycles. The first-order valence-electron chi connectivity index (χ1n) is 11.7. The van der Waals surface area contributed by atoms with Crippen LogP contribution in [0.25, 0.3) is 12.2 Å². The first-order chi connectivity index (χ1) is 17.1. The van der Waals surface area contributed by atoms with E-state index in [-0.39, 0.29) is 5.78 Å². The Hall–Kier alpha value is -4.00. The van der Waals surface area contributed by atoms with E-state index in [0.717, 1.165) is 49.5 Å². The molecule has 1 aliphatic rings. The molecule has 0 atom stereocenters. The van der Waals surface area contributed by atoms with Gasteiger partial charge < -0.3 is 4.90 Å². The summed E-state index contributed by atoms with van der Waals surface area (Å²) in [5, 5.41) is 8.51. The highest BCUT2D eigenvalue weighted by Crippen LogP contribution is 2.19. The normalized spacial score (nSPS) is 14.5. The molecular weight excluding hydrogens is 438 g/mol. The van der Waals surface area contributed by atoms with Gasteiger partial charge in [0, 0.05) is 50.1 Å². The molecule has 0 aromatic heterocycles. The van der Waals surface area contributed by atoms with Gasteiger partial charge in [-0.25, -0.2) is 5.48 Å².